The van der Waals surface area contributed by atoms with Crippen molar-refractivity contribution in [3.8, 4) is 0 Å². The maximum atomic E-state index is 12.6. The summed E-state index contributed by atoms with van der Waals surface area (Å²) in [5.74, 6) is -0.185. The summed E-state index contributed by atoms with van der Waals surface area (Å²) in [5, 5.41) is 5.62. The lowest BCUT2D eigenvalue weighted by molar-refractivity contribution is -0.121. The second-order valence-electron chi connectivity index (χ2n) is 6.82. The van der Waals surface area contributed by atoms with Crippen LogP contribution >= 0.6 is 0 Å². The maximum absolute atomic E-state index is 12.6. The molecule has 9 heteroatoms. The van der Waals surface area contributed by atoms with E-state index < -0.39 is 10.0 Å². The Kier molecular flexibility index (Phi) is 5.59. The van der Waals surface area contributed by atoms with Crippen LogP contribution in [0, 0.1) is 0 Å². The summed E-state index contributed by atoms with van der Waals surface area (Å²) in [5.41, 5.74) is 6.73. The Labute approximate surface area is 153 Å². The highest BCUT2D eigenvalue weighted by Crippen LogP contribution is 2.27. The van der Waals surface area contributed by atoms with Gasteiger partial charge in [0.1, 0.15) is 0 Å². The van der Waals surface area contributed by atoms with Crippen LogP contribution in [0.2, 0.25) is 0 Å². The minimum Gasteiger partial charge on any atom is -0.353 e. The van der Waals surface area contributed by atoms with Crippen LogP contribution in [0.5, 0.6) is 0 Å². The monoisotopic (exact) mass is 380 g/mol. The smallest absolute Gasteiger partial charge is 0.240 e. The molecule has 2 aliphatic rings. The molecule has 0 bridgehead atoms. The number of hydrogen-bond acceptors (Lipinski definition) is 5. The van der Waals surface area contributed by atoms with Crippen molar-refractivity contribution < 1.29 is 18.0 Å². The third-order valence-corrected chi connectivity index (χ3v) is 6.32. The van der Waals surface area contributed by atoms with Crippen LogP contribution < -0.4 is 21.1 Å². The van der Waals surface area contributed by atoms with Crippen LogP contribution in [0.3, 0.4) is 0 Å². The van der Waals surface area contributed by atoms with Gasteiger partial charge in [0.25, 0.3) is 0 Å². The van der Waals surface area contributed by atoms with Crippen LogP contribution in [0.15, 0.2) is 23.1 Å². The second kappa shape index (κ2) is 7.73. The summed E-state index contributed by atoms with van der Waals surface area (Å²) in [6.45, 7) is 0.322. The molecule has 1 aromatic rings. The number of nitrogens with one attached hydrogen (secondary N) is 3. The van der Waals surface area contributed by atoms with E-state index in [1.54, 1.807) is 12.1 Å². The molecule has 142 valence electrons. The first kappa shape index (κ1) is 18.8. The van der Waals surface area contributed by atoms with E-state index in [9.17, 15) is 18.0 Å². The molecule has 1 heterocycles. The standard InChI is InChI=1S/C17H24N4O4S/c18-8-7-16(22)19-12-1-3-13(4-2-12)21-26(24,25)14-5-6-15-11(9-14)10-17(23)20-15/h5-6,9,12-13,21H,1-4,7-8,10,18H2,(H,19,22)(H,20,23)/t12-,13-. The molecule has 0 atom stereocenters. The van der Waals surface area contributed by atoms with Gasteiger partial charge in [-0.25, -0.2) is 13.1 Å². The first-order valence-electron chi connectivity index (χ1n) is 8.82. The minimum absolute atomic E-state index is 0.0576. The lowest BCUT2D eigenvalue weighted by Crippen LogP contribution is -2.44. The number of sulfonamides is 1. The molecule has 0 spiro atoms. The number of benzene rings is 1. The average Bonchev–Trinajstić information content (AvgIpc) is 2.95. The van der Waals surface area contributed by atoms with E-state index in [4.69, 9.17) is 5.73 Å². The molecule has 8 nitrogen and oxygen atoms in total. The van der Waals surface area contributed by atoms with E-state index in [0.29, 0.717) is 37.1 Å². The van der Waals surface area contributed by atoms with E-state index in [-0.39, 0.29) is 35.2 Å². The summed E-state index contributed by atoms with van der Waals surface area (Å²) in [6.07, 6.45) is 3.29. The molecule has 1 aliphatic carbocycles. The van der Waals surface area contributed by atoms with Crippen molar-refractivity contribution in [1.29, 1.82) is 0 Å². The molecule has 26 heavy (non-hydrogen) atoms. The molecule has 3 rings (SSSR count). The third-order valence-electron chi connectivity index (χ3n) is 4.80. The molecule has 1 aliphatic heterocycles. The van der Waals surface area contributed by atoms with Crippen molar-refractivity contribution in [3.63, 3.8) is 0 Å². The van der Waals surface area contributed by atoms with Crippen LogP contribution in [0.25, 0.3) is 0 Å². The molecule has 0 radical (unpaired) electrons. The van der Waals surface area contributed by atoms with E-state index in [1.165, 1.54) is 6.07 Å². The molecular weight excluding hydrogens is 356 g/mol. The number of rotatable bonds is 6. The van der Waals surface area contributed by atoms with E-state index in [2.05, 4.69) is 15.4 Å². The zero-order valence-electron chi connectivity index (χ0n) is 14.5. The fourth-order valence-electron chi connectivity index (χ4n) is 3.45. The fraction of sp³-hybridized carbons (Fsp3) is 0.529. The second-order valence-corrected chi connectivity index (χ2v) is 8.53. The number of amides is 2. The molecule has 5 N–H and O–H groups in total. The molecule has 0 aromatic heterocycles. The molecule has 1 aromatic carbocycles. The molecule has 2 amide bonds. The van der Waals surface area contributed by atoms with Gasteiger partial charge in [0.05, 0.1) is 11.3 Å². The summed E-state index contributed by atoms with van der Waals surface area (Å²) in [6, 6.07) is 4.60. The highest BCUT2D eigenvalue weighted by atomic mass is 32.2. The van der Waals surface area contributed by atoms with Crippen molar-refractivity contribution in [2.24, 2.45) is 5.73 Å². The van der Waals surface area contributed by atoms with Crippen LogP contribution in [0.4, 0.5) is 5.69 Å². The highest BCUT2D eigenvalue weighted by molar-refractivity contribution is 7.89. The first-order chi connectivity index (χ1) is 12.4. The Balaban J connectivity index is 1.57. The van der Waals surface area contributed by atoms with Gasteiger partial charge in [-0.05, 0) is 49.4 Å². The van der Waals surface area contributed by atoms with Gasteiger partial charge in [0.15, 0.2) is 0 Å². The zero-order chi connectivity index (χ0) is 18.7. The lowest BCUT2D eigenvalue weighted by Gasteiger charge is -2.29. The highest BCUT2D eigenvalue weighted by Gasteiger charge is 2.27. The Morgan fingerprint density at radius 3 is 2.58 bits per heavy atom. The van der Waals surface area contributed by atoms with Gasteiger partial charge < -0.3 is 16.4 Å². The first-order valence-corrected chi connectivity index (χ1v) is 10.3. The van der Waals surface area contributed by atoms with Gasteiger partial charge in [-0.1, -0.05) is 0 Å². The number of carbonyl (C=O) groups is 2. The van der Waals surface area contributed by atoms with Crippen LogP contribution in [0.1, 0.15) is 37.7 Å². The maximum Gasteiger partial charge on any atom is 0.240 e. The number of fused-ring (bicyclic) bond motifs is 1. The summed E-state index contributed by atoms with van der Waals surface area (Å²) in [4.78, 5) is 23.2. The predicted molar refractivity (Wildman–Crippen MR) is 97.0 cm³/mol. The van der Waals surface area contributed by atoms with Crippen molar-refractivity contribution in [3.05, 3.63) is 23.8 Å². The fourth-order valence-corrected chi connectivity index (χ4v) is 4.80. The van der Waals surface area contributed by atoms with E-state index in [0.717, 1.165) is 12.8 Å². The minimum atomic E-state index is -3.64. The van der Waals surface area contributed by atoms with Crippen molar-refractivity contribution >= 4 is 27.5 Å². The normalized spacial score (nSPS) is 22.6. The Hall–Kier alpha value is -1.97. The SMILES string of the molecule is NCCC(=O)N[C@H]1CC[C@H](NS(=O)(=O)c2ccc3c(c2)CC(=O)N3)CC1. The number of carbonyl (C=O) groups excluding carboxylic acids is 2. The topological polar surface area (TPSA) is 130 Å². The number of hydrogen-bond donors (Lipinski definition) is 4. The third kappa shape index (κ3) is 4.40. The zero-order valence-corrected chi connectivity index (χ0v) is 15.3. The van der Waals surface area contributed by atoms with Gasteiger partial charge >= 0.3 is 0 Å². The van der Waals surface area contributed by atoms with Crippen LogP contribution in [-0.2, 0) is 26.0 Å². The van der Waals surface area contributed by atoms with E-state index >= 15 is 0 Å². The van der Waals surface area contributed by atoms with Crippen LogP contribution in [-0.4, -0.2) is 38.9 Å². The Bertz CT molecular complexity index is 801. The Morgan fingerprint density at radius 2 is 1.88 bits per heavy atom. The van der Waals surface area contributed by atoms with Crippen molar-refractivity contribution in [1.82, 2.24) is 10.0 Å². The van der Waals surface area contributed by atoms with Gasteiger partial charge in [0, 0.05) is 30.7 Å². The molecule has 1 saturated carbocycles. The molecule has 0 saturated heterocycles. The summed E-state index contributed by atoms with van der Waals surface area (Å²) >= 11 is 0. The van der Waals surface area contributed by atoms with Crippen molar-refractivity contribution in [2.45, 2.75) is 55.5 Å². The largest absolute Gasteiger partial charge is 0.353 e. The van der Waals surface area contributed by atoms with E-state index in [1.807, 2.05) is 0 Å². The molecule has 1 fully saturated rings. The number of anilines is 1. The average molecular weight is 380 g/mol. The number of nitrogens with two attached hydrogens (primary N) is 1. The summed E-state index contributed by atoms with van der Waals surface area (Å²) < 4.78 is 28.0. The van der Waals surface area contributed by atoms with Gasteiger partial charge in [0.2, 0.25) is 21.8 Å². The van der Waals surface area contributed by atoms with Gasteiger partial charge in [-0.3, -0.25) is 9.59 Å². The van der Waals surface area contributed by atoms with Gasteiger partial charge in [-0.2, -0.15) is 0 Å². The molecule has 0 unspecified atom stereocenters. The Morgan fingerprint density at radius 1 is 1.19 bits per heavy atom. The predicted octanol–water partition coefficient (Wildman–Crippen LogP) is 0.236. The quantitative estimate of drug-likeness (QED) is 0.561. The lowest BCUT2D eigenvalue weighted by atomic mass is 9.92. The van der Waals surface area contributed by atoms with Crippen molar-refractivity contribution in [2.75, 3.05) is 11.9 Å². The molecular formula is C17H24N4O4S. The summed E-state index contributed by atoms with van der Waals surface area (Å²) in [7, 11) is -3.64. The van der Waals surface area contributed by atoms with Gasteiger partial charge in [-0.15, -0.1) is 0 Å².